The number of ether oxygens (including phenoxy) is 1. The molecule has 3 fully saturated rings. The van der Waals surface area contributed by atoms with E-state index in [1.165, 1.54) is 18.1 Å². The smallest absolute Gasteiger partial charge is 0.302 e. The van der Waals surface area contributed by atoms with Crippen molar-refractivity contribution < 1.29 is 19.4 Å². The number of carbonyl (C=O) groups excluding carboxylic acids is 2. The molecule has 0 heterocycles. The third-order valence-corrected chi connectivity index (χ3v) is 8.92. The molecule has 0 saturated heterocycles. The minimum Gasteiger partial charge on any atom is -0.462 e. The third-order valence-electron chi connectivity index (χ3n) is 8.92. The Labute approximate surface area is 162 Å². The topological polar surface area (TPSA) is 63.6 Å². The van der Waals surface area contributed by atoms with E-state index in [1.54, 1.807) is 0 Å². The highest BCUT2D eigenvalue weighted by Crippen LogP contribution is 2.66. The Morgan fingerprint density at radius 2 is 1.85 bits per heavy atom. The first kappa shape index (κ1) is 19.2. The van der Waals surface area contributed by atoms with Crippen LogP contribution < -0.4 is 0 Å². The molecule has 5 atom stereocenters. The maximum atomic E-state index is 12.6. The zero-order chi connectivity index (χ0) is 19.6. The number of Topliss-reactive ketones (excluding diaryl/α,β-unsaturated/α-hetero) is 1. The maximum absolute atomic E-state index is 12.6. The maximum Gasteiger partial charge on any atom is 0.302 e. The fourth-order valence-electron chi connectivity index (χ4n) is 7.51. The van der Waals surface area contributed by atoms with E-state index in [0.717, 1.165) is 44.9 Å². The zero-order valence-corrected chi connectivity index (χ0v) is 17.3. The van der Waals surface area contributed by atoms with Crippen molar-refractivity contribution >= 4 is 11.8 Å². The monoisotopic (exact) mass is 374 g/mol. The van der Waals surface area contributed by atoms with Gasteiger partial charge in [-0.2, -0.15) is 0 Å². The molecule has 0 aromatic carbocycles. The van der Waals surface area contributed by atoms with Crippen molar-refractivity contribution in [2.75, 3.05) is 6.61 Å². The highest BCUT2D eigenvalue weighted by molar-refractivity contribution is 5.85. The van der Waals surface area contributed by atoms with Crippen molar-refractivity contribution in [1.82, 2.24) is 0 Å². The van der Waals surface area contributed by atoms with E-state index in [0.29, 0.717) is 18.1 Å². The number of allylic oxidation sites excluding steroid dienone is 1. The molecule has 4 heteroatoms. The number of ketones is 1. The Hall–Kier alpha value is -1.16. The van der Waals surface area contributed by atoms with Crippen LogP contribution in [-0.4, -0.2) is 29.6 Å². The minimum absolute atomic E-state index is 0.00868. The molecule has 150 valence electrons. The number of aliphatic hydroxyl groups excluding tert-OH is 1. The second-order valence-corrected chi connectivity index (χ2v) is 10.3. The van der Waals surface area contributed by atoms with Crippen molar-refractivity contribution in [3.8, 4) is 0 Å². The molecule has 4 nitrogen and oxygen atoms in total. The highest BCUT2D eigenvalue weighted by Gasteiger charge is 2.61. The Bertz CT molecular complexity index is 705. The van der Waals surface area contributed by atoms with Crippen LogP contribution in [0.1, 0.15) is 79.1 Å². The Kier molecular flexibility index (Phi) is 4.38. The minimum atomic E-state index is -0.339. The molecule has 27 heavy (non-hydrogen) atoms. The summed E-state index contributed by atoms with van der Waals surface area (Å²) >= 11 is 0. The lowest BCUT2D eigenvalue weighted by atomic mass is 9.44. The fourth-order valence-corrected chi connectivity index (χ4v) is 7.51. The quantitative estimate of drug-likeness (QED) is 0.581. The van der Waals surface area contributed by atoms with Gasteiger partial charge in [0.05, 0.1) is 0 Å². The van der Waals surface area contributed by atoms with Gasteiger partial charge in [-0.25, -0.2) is 0 Å². The predicted molar refractivity (Wildman–Crippen MR) is 103 cm³/mol. The highest BCUT2D eigenvalue weighted by atomic mass is 16.5. The molecule has 5 unspecified atom stereocenters. The van der Waals surface area contributed by atoms with Gasteiger partial charge in [0.2, 0.25) is 0 Å². The molecule has 4 aliphatic carbocycles. The van der Waals surface area contributed by atoms with Gasteiger partial charge >= 0.3 is 5.97 Å². The average molecular weight is 375 g/mol. The summed E-state index contributed by atoms with van der Waals surface area (Å²) in [5.41, 5.74) is 2.51. The normalized spacial score (nSPS) is 43.0. The van der Waals surface area contributed by atoms with Gasteiger partial charge in [0.25, 0.3) is 0 Å². The lowest BCUT2D eigenvalue weighted by Crippen LogP contribution is -2.57. The van der Waals surface area contributed by atoms with Gasteiger partial charge in [-0.3, -0.25) is 9.59 Å². The van der Waals surface area contributed by atoms with Crippen LogP contribution in [0.4, 0.5) is 0 Å². The van der Waals surface area contributed by atoms with Gasteiger partial charge in [0.15, 0.2) is 0 Å². The number of esters is 1. The molecule has 3 saturated carbocycles. The summed E-state index contributed by atoms with van der Waals surface area (Å²) in [5.74, 6) is 0.829. The van der Waals surface area contributed by atoms with Crippen molar-refractivity contribution in [1.29, 1.82) is 0 Å². The second kappa shape index (κ2) is 6.17. The molecular formula is C23H34O4. The van der Waals surface area contributed by atoms with Crippen LogP contribution in [0.3, 0.4) is 0 Å². The van der Waals surface area contributed by atoms with Gasteiger partial charge < -0.3 is 9.84 Å². The Balaban J connectivity index is 1.75. The lowest BCUT2D eigenvalue weighted by molar-refractivity contribution is -0.154. The van der Waals surface area contributed by atoms with E-state index in [2.05, 4.69) is 20.8 Å². The molecule has 0 aromatic heterocycles. The molecule has 4 aliphatic rings. The predicted octanol–water partition coefficient (Wildman–Crippen LogP) is 4.20. The molecule has 0 bridgehead atoms. The second-order valence-electron chi connectivity index (χ2n) is 10.3. The average Bonchev–Trinajstić information content (AvgIpc) is 2.94. The van der Waals surface area contributed by atoms with Crippen LogP contribution in [0.2, 0.25) is 0 Å². The first-order chi connectivity index (χ1) is 12.7. The molecule has 1 N–H and O–H groups in total. The number of hydrogen-bond donors (Lipinski definition) is 1. The summed E-state index contributed by atoms with van der Waals surface area (Å²) in [6.45, 7) is 8.16. The van der Waals surface area contributed by atoms with Gasteiger partial charge in [0, 0.05) is 36.2 Å². The van der Waals surface area contributed by atoms with Crippen molar-refractivity contribution in [2.45, 2.75) is 85.2 Å². The van der Waals surface area contributed by atoms with Crippen LogP contribution in [0.5, 0.6) is 0 Å². The number of aliphatic hydroxyl groups is 1. The van der Waals surface area contributed by atoms with Crippen LogP contribution in [0.15, 0.2) is 11.1 Å². The number of carbonyl (C=O) groups is 2. The van der Waals surface area contributed by atoms with E-state index >= 15 is 0 Å². The standard InChI is InChI=1S/C23H34O4/c1-14(25)27-20-8-6-16-15-5-7-18-21(2,3)19(26)10-12-23(18,13-24)17(15)9-11-22(16,20)4/h17-18,20,24H,5-13H2,1-4H3. The summed E-state index contributed by atoms with van der Waals surface area (Å²) in [6.07, 6.45) is 7.40. The summed E-state index contributed by atoms with van der Waals surface area (Å²) in [6, 6.07) is 0. The van der Waals surface area contributed by atoms with E-state index in [9.17, 15) is 14.7 Å². The molecular weight excluding hydrogens is 340 g/mol. The molecule has 0 aromatic rings. The van der Waals surface area contributed by atoms with E-state index in [4.69, 9.17) is 4.74 Å². The van der Waals surface area contributed by atoms with E-state index < -0.39 is 0 Å². The third kappa shape index (κ3) is 2.51. The van der Waals surface area contributed by atoms with Gasteiger partial charge in [-0.1, -0.05) is 31.9 Å². The van der Waals surface area contributed by atoms with Crippen molar-refractivity contribution in [3.63, 3.8) is 0 Å². The summed E-state index contributed by atoms with van der Waals surface area (Å²) in [7, 11) is 0. The largest absolute Gasteiger partial charge is 0.462 e. The van der Waals surface area contributed by atoms with Gasteiger partial charge in [0.1, 0.15) is 11.9 Å². The van der Waals surface area contributed by atoms with Crippen molar-refractivity contribution in [3.05, 3.63) is 11.1 Å². The zero-order valence-electron chi connectivity index (χ0n) is 17.3. The van der Waals surface area contributed by atoms with Crippen LogP contribution >= 0.6 is 0 Å². The molecule has 0 spiro atoms. The molecule has 4 rings (SSSR count). The number of hydrogen-bond acceptors (Lipinski definition) is 4. The number of fused-ring (bicyclic) bond motifs is 4. The Morgan fingerprint density at radius 3 is 2.52 bits per heavy atom. The van der Waals surface area contributed by atoms with Crippen molar-refractivity contribution in [2.24, 2.45) is 28.1 Å². The van der Waals surface area contributed by atoms with Gasteiger partial charge in [-0.05, 0) is 56.8 Å². The molecule has 0 radical (unpaired) electrons. The van der Waals surface area contributed by atoms with E-state index in [-0.39, 0.29) is 40.8 Å². The summed E-state index contributed by atoms with van der Waals surface area (Å²) < 4.78 is 5.70. The first-order valence-electron chi connectivity index (χ1n) is 10.7. The van der Waals surface area contributed by atoms with E-state index in [1.807, 2.05) is 0 Å². The van der Waals surface area contributed by atoms with Crippen LogP contribution in [0.25, 0.3) is 0 Å². The van der Waals surface area contributed by atoms with Crippen LogP contribution in [0, 0.1) is 28.1 Å². The molecule has 0 aliphatic heterocycles. The molecule has 0 amide bonds. The first-order valence-corrected chi connectivity index (χ1v) is 10.7. The Morgan fingerprint density at radius 1 is 1.11 bits per heavy atom. The lowest BCUT2D eigenvalue weighted by Gasteiger charge is -2.60. The van der Waals surface area contributed by atoms with Crippen LogP contribution in [-0.2, 0) is 14.3 Å². The SMILES string of the molecule is CC(=O)OC1CCC2=C3CCC4C(C)(C)C(=O)CCC4(CO)C3CCC21C. The summed E-state index contributed by atoms with van der Waals surface area (Å²) in [4.78, 5) is 24.2. The van der Waals surface area contributed by atoms with Gasteiger partial charge in [-0.15, -0.1) is 0 Å². The fraction of sp³-hybridized carbons (Fsp3) is 0.826. The summed E-state index contributed by atoms with van der Waals surface area (Å²) in [5, 5.41) is 10.6. The number of rotatable bonds is 2.